The molecule has 0 amide bonds. The number of hydrogen-bond acceptors (Lipinski definition) is 5. The van der Waals surface area contributed by atoms with Crippen LogP contribution in [0.1, 0.15) is 32.6 Å². The van der Waals surface area contributed by atoms with Gasteiger partial charge in [-0.15, -0.1) is 0 Å². The van der Waals surface area contributed by atoms with Gasteiger partial charge in [0.2, 0.25) is 0 Å². The lowest BCUT2D eigenvalue weighted by Gasteiger charge is -2.40. The molecule has 2 aliphatic rings. The number of benzene rings is 1. The normalized spacial score (nSPS) is 22.8. The first-order valence-corrected chi connectivity index (χ1v) is 10.7. The van der Waals surface area contributed by atoms with Crippen molar-refractivity contribution in [3.63, 3.8) is 0 Å². The molecule has 0 aliphatic carbocycles. The Labute approximate surface area is 168 Å². The molecule has 1 aromatic carbocycles. The molecule has 0 fully saturated rings. The van der Waals surface area contributed by atoms with Crippen molar-refractivity contribution >= 4 is 22.8 Å². The van der Waals surface area contributed by atoms with E-state index in [-0.39, 0.29) is 6.17 Å². The van der Waals surface area contributed by atoms with Crippen LogP contribution in [0.3, 0.4) is 0 Å². The summed E-state index contributed by atoms with van der Waals surface area (Å²) in [5, 5.41) is 17.1. The monoisotopic (exact) mass is 413 g/mol. The average molecular weight is 414 g/mol. The number of nitrogens with one attached hydrogen (secondary N) is 1. The second-order valence-electron chi connectivity index (χ2n) is 6.78. The van der Waals surface area contributed by atoms with E-state index < -0.39 is 11.2 Å². The SMILES string of the molecule is CC1NC2=C(N1[O-])N(CCCCCCOc1ccc(Cl)cc1)S(=O)N(C)C2. The van der Waals surface area contributed by atoms with Crippen LogP contribution in [0, 0.1) is 5.21 Å². The van der Waals surface area contributed by atoms with E-state index >= 15 is 0 Å². The summed E-state index contributed by atoms with van der Waals surface area (Å²) >= 11 is 4.54. The molecule has 2 aliphatic heterocycles. The van der Waals surface area contributed by atoms with Crippen LogP contribution in [-0.2, 0) is 11.2 Å². The lowest BCUT2D eigenvalue weighted by molar-refractivity contribution is 0.292. The maximum absolute atomic E-state index is 12.6. The molecule has 1 aromatic rings. The van der Waals surface area contributed by atoms with Gasteiger partial charge in [0, 0.05) is 18.6 Å². The van der Waals surface area contributed by atoms with Gasteiger partial charge in [-0.05, 0) is 44.0 Å². The largest absolute Gasteiger partial charge is 0.756 e. The lowest BCUT2D eigenvalue weighted by Crippen LogP contribution is -2.45. The second-order valence-corrected chi connectivity index (χ2v) is 8.75. The molecular formula is C18H26ClN4O3S-. The van der Waals surface area contributed by atoms with Crippen molar-refractivity contribution in [3.05, 3.63) is 46.0 Å². The van der Waals surface area contributed by atoms with Crippen LogP contribution < -0.4 is 10.1 Å². The van der Waals surface area contributed by atoms with Crippen molar-refractivity contribution in [2.75, 3.05) is 26.7 Å². The fourth-order valence-electron chi connectivity index (χ4n) is 3.20. The third-order valence-electron chi connectivity index (χ3n) is 4.62. The number of hydrogen-bond donors (Lipinski definition) is 1. The van der Waals surface area contributed by atoms with Gasteiger partial charge < -0.3 is 20.3 Å². The Hall–Kier alpha value is -1.48. The molecule has 2 heterocycles. The predicted molar refractivity (Wildman–Crippen MR) is 108 cm³/mol. The predicted octanol–water partition coefficient (Wildman–Crippen LogP) is 3.02. The Balaban J connectivity index is 1.39. The van der Waals surface area contributed by atoms with Crippen LogP contribution in [-0.4, -0.2) is 50.8 Å². The number of halogens is 1. The Morgan fingerprint density at radius 3 is 2.70 bits per heavy atom. The van der Waals surface area contributed by atoms with Crippen molar-refractivity contribution in [3.8, 4) is 5.75 Å². The molecule has 0 spiro atoms. The molecule has 2 unspecified atom stereocenters. The Morgan fingerprint density at radius 2 is 1.96 bits per heavy atom. The molecule has 0 saturated carbocycles. The lowest BCUT2D eigenvalue weighted by atomic mass is 10.2. The molecule has 1 N–H and O–H groups in total. The van der Waals surface area contributed by atoms with Gasteiger partial charge in [-0.2, -0.15) is 0 Å². The summed E-state index contributed by atoms with van der Waals surface area (Å²) in [5.41, 5.74) is 0.857. The van der Waals surface area contributed by atoms with E-state index in [1.807, 2.05) is 31.2 Å². The quantitative estimate of drug-likeness (QED) is 0.663. The standard InChI is InChI=1S/C18H26ClN4O3S/c1-14-20-17-13-21(2)27(25)22(18(17)23(14)24)11-5-3-4-6-12-26-16-9-7-15(19)8-10-16/h7-10,14,20H,3-6,11-13H2,1-2H3/q-1. The molecule has 7 nitrogen and oxygen atoms in total. The third kappa shape index (κ3) is 4.87. The summed E-state index contributed by atoms with van der Waals surface area (Å²) in [6.07, 6.45) is 3.52. The van der Waals surface area contributed by atoms with Gasteiger partial charge in [0.25, 0.3) is 0 Å². The van der Waals surface area contributed by atoms with Crippen molar-refractivity contribution in [2.45, 2.75) is 38.8 Å². The summed E-state index contributed by atoms with van der Waals surface area (Å²) in [5.74, 6) is 1.36. The smallest absolute Gasteiger partial charge is 0.200 e. The highest BCUT2D eigenvalue weighted by Crippen LogP contribution is 2.29. The van der Waals surface area contributed by atoms with E-state index in [2.05, 4.69) is 5.32 Å². The zero-order chi connectivity index (χ0) is 19.4. The molecule has 0 radical (unpaired) electrons. The first kappa shape index (κ1) is 20.3. The summed E-state index contributed by atoms with van der Waals surface area (Å²) in [7, 11) is 1.81. The minimum absolute atomic E-state index is 0.314. The van der Waals surface area contributed by atoms with Gasteiger partial charge in [0.05, 0.1) is 25.0 Å². The highest BCUT2D eigenvalue weighted by Gasteiger charge is 2.35. The van der Waals surface area contributed by atoms with Crippen molar-refractivity contribution in [2.24, 2.45) is 0 Å². The van der Waals surface area contributed by atoms with Gasteiger partial charge in [-0.1, -0.05) is 24.4 Å². The highest BCUT2D eigenvalue weighted by atomic mass is 35.5. The summed E-state index contributed by atoms with van der Waals surface area (Å²) in [6, 6.07) is 7.35. The third-order valence-corrected chi connectivity index (χ3v) is 6.27. The van der Waals surface area contributed by atoms with Gasteiger partial charge in [0.1, 0.15) is 11.6 Å². The minimum atomic E-state index is -1.31. The minimum Gasteiger partial charge on any atom is -0.756 e. The van der Waals surface area contributed by atoms with E-state index in [1.165, 1.54) is 0 Å². The fraction of sp³-hybridized carbons (Fsp3) is 0.556. The van der Waals surface area contributed by atoms with Crippen LogP contribution in [0.15, 0.2) is 35.8 Å². The molecule has 0 aromatic heterocycles. The number of nitrogens with zero attached hydrogens (tertiary/aromatic N) is 3. The van der Waals surface area contributed by atoms with E-state index in [9.17, 15) is 9.42 Å². The molecule has 9 heteroatoms. The van der Waals surface area contributed by atoms with Gasteiger partial charge in [-0.25, -0.2) is 8.51 Å². The molecule has 150 valence electrons. The number of ether oxygens (including phenoxy) is 1. The first-order chi connectivity index (χ1) is 13.0. The molecule has 0 bridgehead atoms. The topological polar surface area (TPSA) is 71.1 Å². The molecule has 27 heavy (non-hydrogen) atoms. The van der Waals surface area contributed by atoms with E-state index in [0.29, 0.717) is 30.5 Å². The molecule has 2 atom stereocenters. The molecular weight excluding hydrogens is 388 g/mol. The van der Waals surface area contributed by atoms with Gasteiger partial charge in [-0.3, -0.25) is 4.31 Å². The van der Waals surface area contributed by atoms with Crippen LogP contribution in [0.2, 0.25) is 5.02 Å². The maximum atomic E-state index is 12.6. The van der Waals surface area contributed by atoms with E-state index in [1.54, 1.807) is 15.7 Å². The van der Waals surface area contributed by atoms with Crippen LogP contribution in [0.4, 0.5) is 0 Å². The Morgan fingerprint density at radius 1 is 1.26 bits per heavy atom. The van der Waals surface area contributed by atoms with Crippen LogP contribution in [0.25, 0.3) is 0 Å². The van der Waals surface area contributed by atoms with E-state index in [0.717, 1.165) is 42.2 Å². The second kappa shape index (κ2) is 9.14. The molecule has 0 saturated heterocycles. The number of unbranched alkanes of at least 4 members (excludes halogenated alkanes) is 3. The number of hydroxylamine groups is 2. The summed E-state index contributed by atoms with van der Waals surface area (Å²) in [4.78, 5) is 0. The first-order valence-electron chi connectivity index (χ1n) is 9.22. The number of likely N-dealkylation sites (N-methyl/N-ethyl adjacent to an activating group) is 1. The maximum Gasteiger partial charge on any atom is 0.200 e. The van der Waals surface area contributed by atoms with Crippen LogP contribution >= 0.6 is 11.6 Å². The summed E-state index contributed by atoms with van der Waals surface area (Å²) in [6.45, 7) is 3.57. The fourth-order valence-corrected chi connectivity index (χ4v) is 4.53. The number of rotatable bonds is 8. The zero-order valence-corrected chi connectivity index (χ0v) is 17.3. The Bertz CT molecular complexity index is 700. The van der Waals surface area contributed by atoms with Crippen molar-refractivity contribution in [1.82, 2.24) is 19.0 Å². The van der Waals surface area contributed by atoms with E-state index in [4.69, 9.17) is 16.3 Å². The highest BCUT2D eigenvalue weighted by molar-refractivity contribution is 7.80. The zero-order valence-electron chi connectivity index (χ0n) is 15.7. The van der Waals surface area contributed by atoms with Gasteiger partial charge >= 0.3 is 0 Å². The Kier molecular flexibility index (Phi) is 6.86. The average Bonchev–Trinajstić information content (AvgIpc) is 2.92. The summed E-state index contributed by atoms with van der Waals surface area (Å²) < 4.78 is 21.7. The van der Waals surface area contributed by atoms with Crippen LogP contribution in [0.5, 0.6) is 5.75 Å². The van der Waals surface area contributed by atoms with Gasteiger partial charge in [0.15, 0.2) is 11.2 Å². The van der Waals surface area contributed by atoms with Crippen molar-refractivity contribution < 1.29 is 8.95 Å². The van der Waals surface area contributed by atoms with Crippen molar-refractivity contribution in [1.29, 1.82) is 0 Å². The molecule has 3 rings (SSSR count).